The lowest BCUT2D eigenvalue weighted by molar-refractivity contribution is 0.455. The molecule has 122 valence electrons. The fourth-order valence-corrected chi connectivity index (χ4v) is 3.68. The number of benzene rings is 2. The van der Waals surface area contributed by atoms with Crippen molar-refractivity contribution >= 4 is 39.5 Å². The van der Waals surface area contributed by atoms with E-state index >= 15 is 0 Å². The first-order valence-electron chi connectivity index (χ1n) is 8.00. The minimum Gasteiger partial charge on any atom is -0.460 e. The van der Waals surface area contributed by atoms with Crippen LogP contribution in [-0.2, 0) is 5.41 Å². The van der Waals surface area contributed by atoms with E-state index in [9.17, 15) is 0 Å². The highest BCUT2D eigenvalue weighted by Crippen LogP contribution is 2.40. The third-order valence-corrected chi connectivity index (χ3v) is 5.07. The molecule has 0 aliphatic heterocycles. The molecule has 0 unspecified atom stereocenters. The van der Waals surface area contributed by atoms with E-state index in [1.54, 1.807) is 11.9 Å². The molecule has 4 heteroatoms. The first-order chi connectivity index (χ1) is 11.6. The summed E-state index contributed by atoms with van der Waals surface area (Å²) in [6, 6.07) is 16.7. The van der Waals surface area contributed by atoms with Crippen molar-refractivity contribution in [3.63, 3.8) is 0 Å². The highest BCUT2D eigenvalue weighted by Gasteiger charge is 2.30. The Morgan fingerprint density at radius 3 is 2.71 bits per heavy atom. The molecule has 0 aliphatic rings. The van der Waals surface area contributed by atoms with Crippen LogP contribution in [0.5, 0.6) is 0 Å². The van der Waals surface area contributed by atoms with Gasteiger partial charge >= 0.3 is 0 Å². The second-order valence-corrected chi connectivity index (χ2v) is 7.12. The van der Waals surface area contributed by atoms with E-state index in [0.717, 1.165) is 27.9 Å². The molecule has 0 amide bonds. The zero-order valence-electron chi connectivity index (χ0n) is 14.0. The van der Waals surface area contributed by atoms with Crippen LogP contribution in [0.15, 0.2) is 59.1 Å². The topological polar surface area (TPSA) is 41.0 Å². The molecule has 0 bridgehead atoms. The number of aromatic nitrogens is 1. The van der Waals surface area contributed by atoms with Gasteiger partial charge in [0.15, 0.2) is 0 Å². The maximum atomic E-state index is 6.15. The molecule has 2 heterocycles. The van der Waals surface area contributed by atoms with Crippen LogP contribution >= 0.6 is 11.9 Å². The molecule has 4 aromatic rings. The SMILES string of the molecule is CSNc1cccc2c(C(C)(C)c3cc4ccccc4o3)c[nH]c12. The van der Waals surface area contributed by atoms with Crippen LogP contribution in [0.4, 0.5) is 5.69 Å². The average Bonchev–Trinajstić information content (AvgIpc) is 3.20. The predicted octanol–water partition coefficient (Wildman–Crippen LogP) is 5.93. The van der Waals surface area contributed by atoms with Gasteiger partial charge in [0.2, 0.25) is 0 Å². The monoisotopic (exact) mass is 336 g/mol. The fraction of sp³-hybridized carbons (Fsp3) is 0.200. The van der Waals surface area contributed by atoms with E-state index < -0.39 is 0 Å². The number of hydrogen-bond donors (Lipinski definition) is 2. The lowest BCUT2D eigenvalue weighted by atomic mass is 9.82. The Balaban J connectivity index is 1.87. The summed E-state index contributed by atoms with van der Waals surface area (Å²) in [6.07, 6.45) is 4.13. The van der Waals surface area contributed by atoms with Gasteiger partial charge in [-0.05, 0) is 37.6 Å². The van der Waals surface area contributed by atoms with Crippen LogP contribution in [0.3, 0.4) is 0 Å². The Labute approximate surface area is 145 Å². The molecule has 0 saturated heterocycles. The van der Waals surface area contributed by atoms with Crippen molar-refractivity contribution in [3.05, 3.63) is 66.1 Å². The van der Waals surface area contributed by atoms with Gasteiger partial charge < -0.3 is 14.1 Å². The van der Waals surface area contributed by atoms with E-state index in [-0.39, 0.29) is 5.41 Å². The molecule has 2 aromatic heterocycles. The molecule has 0 radical (unpaired) electrons. The van der Waals surface area contributed by atoms with Crippen molar-refractivity contribution in [3.8, 4) is 0 Å². The molecule has 24 heavy (non-hydrogen) atoms. The molecule has 0 spiro atoms. The Morgan fingerprint density at radius 2 is 1.92 bits per heavy atom. The summed E-state index contributed by atoms with van der Waals surface area (Å²) in [6.45, 7) is 4.42. The van der Waals surface area contributed by atoms with Crippen molar-refractivity contribution in [2.75, 3.05) is 11.0 Å². The number of anilines is 1. The van der Waals surface area contributed by atoms with E-state index in [1.807, 2.05) is 24.5 Å². The van der Waals surface area contributed by atoms with Gasteiger partial charge in [-0.3, -0.25) is 0 Å². The largest absolute Gasteiger partial charge is 0.460 e. The number of hydrogen-bond acceptors (Lipinski definition) is 3. The number of fused-ring (bicyclic) bond motifs is 2. The molecular weight excluding hydrogens is 316 g/mol. The molecular formula is C20H20N2OS. The Kier molecular flexibility index (Phi) is 3.57. The van der Waals surface area contributed by atoms with Crippen molar-refractivity contribution in [2.24, 2.45) is 0 Å². The third kappa shape index (κ3) is 2.29. The number of rotatable bonds is 4. The normalized spacial score (nSPS) is 12.1. The lowest BCUT2D eigenvalue weighted by Gasteiger charge is -2.21. The second kappa shape index (κ2) is 5.64. The van der Waals surface area contributed by atoms with Crippen LogP contribution in [0, 0.1) is 0 Å². The van der Waals surface area contributed by atoms with Gasteiger partial charge in [-0.1, -0.05) is 42.3 Å². The second-order valence-electron chi connectivity index (χ2n) is 6.51. The summed E-state index contributed by atoms with van der Waals surface area (Å²) in [5, 5.41) is 2.37. The van der Waals surface area contributed by atoms with Gasteiger partial charge in [-0.25, -0.2) is 0 Å². The van der Waals surface area contributed by atoms with Gasteiger partial charge in [-0.15, -0.1) is 0 Å². The third-order valence-electron chi connectivity index (χ3n) is 4.64. The van der Waals surface area contributed by atoms with E-state index in [0.29, 0.717) is 0 Å². The van der Waals surface area contributed by atoms with Crippen LogP contribution in [0.1, 0.15) is 25.2 Å². The van der Waals surface area contributed by atoms with Gasteiger partial charge in [0, 0.05) is 28.6 Å². The van der Waals surface area contributed by atoms with Gasteiger partial charge in [0.05, 0.1) is 11.2 Å². The zero-order valence-corrected chi connectivity index (χ0v) is 14.8. The number of aromatic amines is 1. The van der Waals surface area contributed by atoms with E-state index in [4.69, 9.17) is 4.42 Å². The zero-order chi connectivity index (χ0) is 16.7. The molecule has 4 rings (SSSR count). The highest BCUT2D eigenvalue weighted by atomic mass is 32.2. The van der Waals surface area contributed by atoms with Crippen molar-refractivity contribution in [1.29, 1.82) is 0 Å². The molecule has 2 aromatic carbocycles. The minimum atomic E-state index is -0.227. The summed E-state index contributed by atoms with van der Waals surface area (Å²) < 4.78 is 9.49. The average molecular weight is 336 g/mol. The summed E-state index contributed by atoms with van der Waals surface area (Å²) in [5.41, 5.74) is 4.18. The standard InChI is InChI=1S/C20H20N2OS/c1-20(2,18-11-13-7-4-5-10-17(13)23-18)15-12-21-19-14(15)8-6-9-16(19)22-24-3/h4-12,21-22H,1-3H3. The van der Waals surface area contributed by atoms with Crippen LogP contribution in [0.2, 0.25) is 0 Å². The van der Waals surface area contributed by atoms with Gasteiger partial charge in [-0.2, -0.15) is 0 Å². The smallest absolute Gasteiger partial charge is 0.134 e. The Bertz CT molecular complexity index is 980. The first-order valence-corrected chi connectivity index (χ1v) is 9.22. The van der Waals surface area contributed by atoms with Crippen molar-refractivity contribution in [1.82, 2.24) is 4.98 Å². The summed E-state index contributed by atoms with van der Waals surface area (Å²) in [5.74, 6) is 0.979. The highest BCUT2D eigenvalue weighted by molar-refractivity contribution is 7.99. The minimum absolute atomic E-state index is 0.227. The van der Waals surface area contributed by atoms with Gasteiger partial charge in [0.1, 0.15) is 11.3 Å². The van der Waals surface area contributed by atoms with Crippen molar-refractivity contribution < 1.29 is 4.42 Å². The quantitative estimate of drug-likeness (QED) is 0.454. The van der Waals surface area contributed by atoms with Crippen molar-refractivity contribution in [2.45, 2.75) is 19.3 Å². The number of para-hydroxylation sites is 2. The molecule has 0 aliphatic carbocycles. The summed E-state index contributed by atoms with van der Waals surface area (Å²) >= 11 is 1.60. The molecule has 2 N–H and O–H groups in total. The van der Waals surface area contributed by atoms with Crippen LogP contribution in [-0.4, -0.2) is 11.2 Å². The first kappa shape index (κ1) is 15.2. The van der Waals surface area contributed by atoms with Gasteiger partial charge in [0.25, 0.3) is 0 Å². The molecule has 0 fully saturated rings. The number of nitrogens with one attached hydrogen (secondary N) is 2. The summed E-state index contributed by atoms with van der Waals surface area (Å²) in [7, 11) is 0. The Morgan fingerprint density at radius 1 is 1.08 bits per heavy atom. The molecule has 0 saturated carbocycles. The van der Waals surface area contributed by atoms with Crippen LogP contribution < -0.4 is 4.72 Å². The fourth-order valence-electron chi connectivity index (χ4n) is 3.29. The maximum Gasteiger partial charge on any atom is 0.134 e. The van der Waals surface area contributed by atoms with Crippen LogP contribution in [0.25, 0.3) is 21.9 Å². The lowest BCUT2D eigenvalue weighted by Crippen LogP contribution is -2.17. The maximum absolute atomic E-state index is 6.15. The summed E-state index contributed by atoms with van der Waals surface area (Å²) in [4.78, 5) is 3.43. The number of furan rings is 1. The number of H-pyrrole nitrogens is 1. The Hall–Kier alpha value is -2.33. The predicted molar refractivity (Wildman–Crippen MR) is 104 cm³/mol. The molecule has 3 nitrogen and oxygen atoms in total. The molecule has 0 atom stereocenters. The van der Waals surface area contributed by atoms with E-state index in [2.05, 4.69) is 60.1 Å². The van der Waals surface area contributed by atoms with E-state index in [1.165, 1.54) is 10.9 Å².